The molecule has 0 fully saturated rings. The van der Waals surface area contributed by atoms with E-state index in [0.29, 0.717) is 18.2 Å². The first-order chi connectivity index (χ1) is 7.26. The van der Waals surface area contributed by atoms with Gasteiger partial charge in [0, 0.05) is 5.88 Å². The van der Waals surface area contributed by atoms with Gasteiger partial charge in [0.2, 0.25) is 0 Å². The fourth-order valence-electron chi connectivity index (χ4n) is 1.48. The Kier molecular flexibility index (Phi) is 7.30. The molecule has 0 aliphatic carbocycles. The van der Waals surface area contributed by atoms with Gasteiger partial charge in [0.05, 0.1) is 14.2 Å². The summed E-state index contributed by atoms with van der Waals surface area (Å²) >= 11 is 5.86. The van der Waals surface area contributed by atoms with E-state index in [1.165, 1.54) is 0 Å². The number of alkyl halides is 1. The Balaban J connectivity index is 0.00000225. The summed E-state index contributed by atoms with van der Waals surface area (Å²) in [5, 5.41) is 0. The van der Waals surface area contributed by atoms with E-state index in [1.807, 2.05) is 12.1 Å². The molecular weight excluding hydrogens is 249 g/mol. The van der Waals surface area contributed by atoms with Crippen LogP contribution in [-0.4, -0.2) is 20.8 Å². The Bertz CT molecular complexity index is 332. The highest BCUT2D eigenvalue weighted by atomic mass is 35.5. The van der Waals surface area contributed by atoms with Gasteiger partial charge in [-0.05, 0) is 36.2 Å². The number of benzene rings is 1. The molecule has 0 saturated heterocycles. The van der Waals surface area contributed by atoms with Crippen molar-refractivity contribution in [2.45, 2.75) is 12.3 Å². The van der Waals surface area contributed by atoms with Gasteiger partial charge in [0.1, 0.15) is 0 Å². The normalized spacial score (nSPS) is 9.50. The number of methoxy groups -OCH3 is 2. The Labute approximate surface area is 107 Å². The van der Waals surface area contributed by atoms with E-state index in [-0.39, 0.29) is 12.4 Å². The number of halogens is 2. The first-order valence-corrected chi connectivity index (χ1v) is 5.30. The van der Waals surface area contributed by atoms with Crippen LogP contribution in [0.4, 0.5) is 0 Å². The zero-order chi connectivity index (χ0) is 11.3. The highest BCUT2D eigenvalue weighted by Crippen LogP contribution is 2.31. The third kappa shape index (κ3) is 3.44. The Morgan fingerprint density at radius 1 is 1.12 bits per heavy atom. The van der Waals surface area contributed by atoms with Crippen molar-refractivity contribution in [2.75, 3.05) is 20.8 Å². The third-order valence-electron chi connectivity index (χ3n) is 2.26. The molecule has 1 rings (SSSR count). The predicted octanol–water partition coefficient (Wildman–Crippen LogP) is 2.37. The molecule has 3 nitrogen and oxygen atoms in total. The van der Waals surface area contributed by atoms with Crippen LogP contribution >= 0.6 is 24.0 Å². The van der Waals surface area contributed by atoms with Crippen LogP contribution < -0.4 is 15.2 Å². The van der Waals surface area contributed by atoms with Gasteiger partial charge in [-0.15, -0.1) is 24.0 Å². The van der Waals surface area contributed by atoms with E-state index >= 15 is 0 Å². The van der Waals surface area contributed by atoms with Crippen molar-refractivity contribution in [3.8, 4) is 11.5 Å². The van der Waals surface area contributed by atoms with Crippen LogP contribution in [0, 0.1) is 0 Å². The minimum absolute atomic E-state index is 0. The largest absolute Gasteiger partial charge is 0.493 e. The van der Waals surface area contributed by atoms with Crippen LogP contribution in [0.5, 0.6) is 11.5 Å². The van der Waals surface area contributed by atoms with Gasteiger partial charge >= 0.3 is 0 Å². The number of ether oxygens (including phenoxy) is 2. The van der Waals surface area contributed by atoms with Crippen LogP contribution in [0.2, 0.25) is 0 Å². The predicted molar refractivity (Wildman–Crippen MR) is 69.1 cm³/mol. The van der Waals surface area contributed by atoms with Crippen molar-refractivity contribution in [3.05, 3.63) is 23.3 Å². The highest BCUT2D eigenvalue weighted by Gasteiger charge is 2.09. The standard InChI is InChI=1S/C11H16ClNO2.ClH/c1-14-10-5-8(3-4-13)9(7-12)6-11(10)15-2;/h5-6H,3-4,7,13H2,1-2H3;1H. The van der Waals surface area contributed by atoms with Crippen molar-refractivity contribution in [2.24, 2.45) is 5.73 Å². The molecule has 1 aromatic rings. The second kappa shape index (κ2) is 7.60. The van der Waals surface area contributed by atoms with E-state index in [1.54, 1.807) is 14.2 Å². The quantitative estimate of drug-likeness (QED) is 0.832. The van der Waals surface area contributed by atoms with E-state index < -0.39 is 0 Å². The van der Waals surface area contributed by atoms with Crippen molar-refractivity contribution in [1.29, 1.82) is 0 Å². The molecule has 0 bridgehead atoms. The number of hydrogen-bond acceptors (Lipinski definition) is 3. The molecule has 0 aliphatic heterocycles. The van der Waals surface area contributed by atoms with Crippen LogP contribution in [-0.2, 0) is 12.3 Å². The maximum absolute atomic E-state index is 5.86. The lowest BCUT2D eigenvalue weighted by molar-refractivity contribution is 0.354. The maximum atomic E-state index is 5.86. The number of nitrogens with two attached hydrogens (primary N) is 1. The van der Waals surface area contributed by atoms with Gasteiger partial charge in [0.15, 0.2) is 11.5 Å². The molecule has 1 aromatic carbocycles. The molecule has 0 radical (unpaired) electrons. The molecule has 0 atom stereocenters. The van der Waals surface area contributed by atoms with Crippen molar-refractivity contribution in [1.82, 2.24) is 0 Å². The van der Waals surface area contributed by atoms with E-state index in [9.17, 15) is 0 Å². The molecule has 16 heavy (non-hydrogen) atoms. The molecule has 0 amide bonds. The minimum atomic E-state index is 0. The maximum Gasteiger partial charge on any atom is 0.161 e. The van der Waals surface area contributed by atoms with Crippen LogP contribution in [0.1, 0.15) is 11.1 Å². The molecule has 0 aromatic heterocycles. The molecule has 92 valence electrons. The van der Waals surface area contributed by atoms with Crippen LogP contribution in [0.3, 0.4) is 0 Å². The fourth-order valence-corrected chi connectivity index (χ4v) is 1.72. The first kappa shape index (κ1) is 15.4. The Hall–Kier alpha value is -0.640. The zero-order valence-electron chi connectivity index (χ0n) is 9.46. The van der Waals surface area contributed by atoms with Crippen LogP contribution in [0.25, 0.3) is 0 Å². The molecule has 0 aliphatic rings. The second-order valence-corrected chi connectivity index (χ2v) is 3.42. The van der Waals surface area contributed by atoms with Crippen molar-refractivity contribution in [3.63, 3.8) is 0 Å². The molecule has 0 unspecified atom stereocenters. The summed E-state index contributed by atoms with van der Waals surface area (Å²) in [5.41, 5.74) is 7.69. The van der Waals surface area contributed by atoms with Gasteiger partial charge < -0.3 is 15.2 Å². The Morgan fingerprint density at radius 2 is 1.62 bits per heavy atom. The summed E-state index contributed by atoms with van der Waals surface area (Å²) in [4.78, 5) is 0. The lowest BCUT2D eigenvalue weighted by Crippen LogP contribution is -2.05. The highest BCUT2D eigenvalue weighted by molar-refractivity contribution is 6.17. The third-order valence-corrected chi connectivity index (χ3v) is 2.55. The summed E-state index contributed by atoms with van der Waals surface area (Å²) in [5.74, 6) is 1.87. The molecule has 0 saturated carbocycles. The zero-order valence-corrected chi connectivity index (χ0v) is 11.0. The number of hydrogen-bond donors (Lipinski definition) is 1. The number of rotatable bonds is 5. The SMILES string of the molecule is COc1cc(CCl)c(CCN)cc1OC.Cl. The first-order valence-electron chi connectivity index (χ1n) is 4.76. The van der Waals surface area contributed by atoms with Gasteiger partial charge in [0.25, 0.3) is 0 Å². The lowest BCUT2D eigenvalue weighted by atomic mass is 10.0. The molecular formula is C11H17Cl2NO2. The van der Waals surface area contributed by atoms with E-state index in [0.717, 1.165) is 23.3 Å². The second-order valence-electron chi connectivity index (χ2n) is 3.15. The summed E-state index contributed by atoms with van der Waals surface area (Å²) in [6, 6.07) is 3.83. The molecule has 5 heteroatoms. The minimum Gasteiger partial charge on any atom is -0.493 e. The summed E-state index contributed by atoms with van der Waals surface area (Å²) in [7, 11) is 3.23. The summed E-state index contributed by atoms with van der Waals surface area (Å²) in [6.45, 7) is 0.597. The van der Waals surface area contributed by atoms with Crippen molar-refractivity contribution >= 4 is 24.0 Å². The lowest BCUT2D eigenvalue weighted by Gasteiger charge is -2.13. The molecule has 0 heterocycles. The fraction of sp³-hybridized carbons (Fsp3) is 0.455. The van der Waals surface area contributed by atoms with Gasteiger partial charge in [-0.25, -0.2) is 0 Å². The summed E-state index contributed by atoms with van der Waals surface area (Å²) in [6.07, 6.45) is 0.794. The smallest absolute Gasteiger partial charge is 0.161 e. The molecule has 2 N–H and O–H groups in total. The topological polar surface area (TPSA) is 44.5 Å². The summed E-state index contributed by atoms with van der Waals surface area (Å²) < 4.78 is 10.4. The Morgan fingerprint density at radius 3 is 2.00 bits per heavy atom. The van der Waals surface area contributed by atoms with Gasteiger partial charge in [-0.1, -0.05) is 0 Å². The van der Waals surface area contributed by atoms with E-state index in [2.05, 4.69) is 0 Å². The van der Waals surface area contributed by atoms with Crippen molar-refractivity contribution < 1.29 is 9.47 Å². The van der Waals surface area contributed by atoms with Gasteiger partial charge in [-0.3, -0.25) is 0 Å². The van der Waals surface area contributed by atoms with Gasteiger partial charge in [-0.2, -0.15) is 0 Å². The average molecular weight is 266 g/mol. The monoisotopic (exact) mass is 265 g/mol. The average Bonchev–Trinajstić information content (AvgIpc) is 2.28. The van der Waals surface area contributed by atoms with E-state index in [4.69, 9.17) is 26.8 Å². The molecule has 0 spiro atoms. The van der Waals surface area contributed by atoms with Crippen LogP contribution in [0.15, 0.2) is 12.1 Å².